The highest BCUT2D eigenvalue weighted by Crippen LogP contribution is 2.26. The molecule has 0 aromatic carbocycles. The summed E-state index contributed by atoms with van der Waals surface area (Å²) >= 11 is 1.47. The van der Waals surface area contributed by atoms with Crippen LogP contribution in [0.2, 0.25) is 0 Å². The zero-order valence-corrected chi connectivity index (χ0v) is 18.5. The summed E-state index contributed by atoms with van der Waals surface area (Å²) in [7, 11) is 4.14. The van der Waals surface area contributed by atoms with Crippen molar-refractivity contribution in [1.29, 1.82) is 0 Å². The summed E-state index contributed by atoms with van der Waals surface area (Å²) in [5, 5.41) is 12.8. The van der Waals surface area contributed by atoms with Gasteiger partial charge in [-0.3, -0.25) is 9.78 Å². The molecule has 0 spiro atoms. The number of hydrogen-bond donors (Lipinski definition) is 1. The summed E-state index contributed by atoms with van der Waals surface area (Å²) in [5.74, 6) is 1.84. The van der Waals surface area contributed by atoms with Crippen LogP contribution in [-0.4, -0.2) is 63.0 Å². The largest absolute Gasteiger partial charge is 0.352 e. The van der Waals surface area contributed by atoms with Gasteiger partial charge in [0.2, 0.25) is 5.91 Å². The molecular formula is C21H32N6OS. The highest BCUT2D eigenvalue weighted by atomic mass is 32.2. The average Bonchev–Trinajstić information content (AvgIpc) is 3.11. The number of nitrogens with one attached hydrogen (secondary N) is 1. The van der Waals surface area contributed by atoms with Gasteiger partial charge in [0.05, 0.1) is 5.75 Å². The van der Waals surface area contributed by atoms with Crippen molar-refractivity contribution in [3.8, 4) is 11.4 Å². The molecule has 1 saturated carbocycles. The first-order chi connectivity index (χ1) is 14.0. The van der Waals surface area contributed by atoms with E-state index >= 15 is 0 Å². The number of nitrogens with zero attached hydrogens (tertiary/aromatic N) is 5. The van der Waals surface area contributed by atoms with E-state index in [0.29, 0.717) is 17.7 Å². The molecule has 158 valence electrons. The number of carbonyl (C=O) groups is 1. The van der Waals surface area contributed by atoms with Crippen LogP contribution in [0.15, 0.2) is 29.7 Å². The first-order valence-corrected chi connectivity index (χ1v) is 11.4. The smallest absolute Gasteiger partial charge is 0.230 e. The number of carbonyl (C=O) groups excluding carboxylic acids is 1. The minimum absolute atomic E-state index is 0.0852. The molecule has 0 saturated heterocycles. The topological polar surface area (TPSA) is 75.9 Å². The summed E-state index contributed by atoms with van der Waals surface area (Å²) in [6.45, 7) is 4.03. The Bertz CT molecular complexity index is 779. The third-order valence-corrected chi connectivity index (χ3v) is 6.40. The summed E-state index contributed by atoms with van der Waals surface area (Å²) in [5.41, 5.74) is 0.990. The second-order valence-electron chi connectivity index (χ2n) is 8.07. The molecule has 1 N–H and O–H groups in total. The first kappa shape index (κ1) is 21.8. The summed E-state index contributed by atoms with van der Waals surface area (Å²) in [6, 6.07) is 4.19. The SMILES string of the molecule is C[C@H]1CCCC[C@H]1NC(=O)CSc1nnc(-c2ccncc2)n1CCCN(C)C. The van der Waals surface area contributed by atoms with Gasteiger partial charge >= 0.3 is 0 Å². The quantitative estimate of drug-likeness (QED) is 0.633. The van der Waals surface area contributed by atoms with Gasteiger partial charge in [0.1, 0.15) is 0 Å². The molecule has 29 heavy (non-hydrogen) atoms. The second kappa shape index (κ2) is 10.7. The van der Waals surface area contributed by atoms with Crippen LogP contribution in [0.25, 0.3) is 11.4 Å². The Morgan fingerprint density at radius 3 is 2.72 bits per heavy atom. The molecule has 0 unspecified atom stereocenters. The van der Waals surface area contributed by atoms with E-state index in [4.69, 9.17) is 0 Å². The molecule has 2 atom stereocenters. The molecule has 7 nitrogen and oxygen atoms in total. The van der Waals surface area contributed by atoms with Crippen LogP contribution >= 0.6 is 11.8 Å². The number of pyridine rings is 1. The Labute approximate surface area is 177 Å². The maximum absolute atomic E-state index is 12.5. The van der Waals surface area contributed by atoms with Crippen molar-refractivity contribution in [2.24, 2.45) is 5.92 Å². The number of rotatable bonds is 9. The lowest BCUT2D eigenvalue weighted by molar-refractivity contribution is -0.119. The van der Waals surface area contributed by atoms with E-state index in [-0.39, 0.29) is 5.91 Å². The number of amides is 1. The third-order valence-electron chi connectivity index (χ3n) is 5.43. The Morgan fingerprint density at radius 2 is 2.00 bits per heavy atom. The molecule has 0 bridgehead atoms. The highest BCUT2D eigenvalue weighted by Gasteiger charge is 2.23. The summed E-state index contributed by atoms with van der Waals surface area (Å²) < 4.78 is 2.13. The highest BCUT2D eigenvalue weighted by molar-refractivity contribution is 7.99. The predicted octanol–water partition coefficient (Wildman–Crippen LogP) is 3.08. The van der Waals surface area contributed by atoms with Crippen molar-refractivity contribution in [2.45, 2.75) is 56.8 Å². The van der Waals surface area contributed by atoms with Crippen molar-refractivity contribution < 1.29 is 4.79 Å². The first-order valence-electron chi connectivity index (χ1n) is 10.4. The molecule has 1 amide bonds. The van der Waals surface area contributed by atoms with Crippen LogP contribution in [0.4, 0.5) is 0 Å². The van der Waals surface area contributed by atoms with E-state index in [9.17, 15) is 4.79 Å². The van der Waals surface area contributed by atoms with Gasteiger partial charge in [-0.2, -0.15) is 0 Å². The fraction of sp³-hybridized carbons (Fsp3) is 0.619. The number of thioether (sulfide) groups is 1. The van der Waals surface area contributed by atoms with Gasteiger partial charge in [-0.05, 0) is 58.0 Å². The van der Waals surface area contributed by atoms with E-state index < -0.39 is 0 Å². The summed E-state index contributed by atoms with van der Waals surface area (Å²) in [6.07, 6.45) is 9.29. The van der Waals surface area contributed by atoms with Crippen molar-refractivity contribution >= 4 is 17.7 Å². The molecule has 8 heteroatoms. The van der Waals surface area contributed by atoms with Crippen LogP contribution in [0.5, 0.6) is 0 Å². The van der Waals surface area contributed by atoms with Crippen molar-refractivity contribution in [1.82, 2.24) is 30.0 Å². The van der Waals surface area contributed by atoms with E-state index in [0.717, 1.165) is 42.5 Å². The van der Waals surface area contributed by atoms with E-state index in [2.05, 4.69) is 51.0 Å². The van der Waals surface area contributed by atoms with Gasteiger partial charge in [0.25, 0.3) is 0 Å². The predicted molar refractivity (Wildman–Crippen MR) is 117 cm³/mol. The van der Waals surface area contributed by atoms with E-state index in [1.165, 1.54) is 31.0 Å². The molecule has 1 aliphatic carbocycles. The molecule has 2 aromatic rings. The Balaban J connectivity index is 1.65. The van der Waals surface area contributed by atoms with Gasteiger partial charge in [0.15, 0.2) is 11.0 Å². The Morgan fingerprint density at radius 1 is 1.24 bits per heavy atom. The van der Waals surface area contributed by atoms with Crippen LogP contribution in [0.1, 0.15) is 39.0 Å². The molecule has 1 fully saturated rings. The fourth-order valence-corrected chi connectivity index (χ4v) is 4.54. The summed E-state index contributed by atoms with van der Waals surface area (Å²) in [4.78, 5) is 18.8. The van der Waals surface area contributed by atoms with Crippen LogP contribution < -0.4 is 5.32 Å². The minimum atomic E-state index is 0.0852. The molecule has 1 aliphatic rings. The van der Waals surface area contributed by atoms with E-state index in [1.807, 2.05) is 12.1 Å². The monoisotopic (exact) mass is 416 g/mol. The lowest BCUT2D eigenvalue weighted by atomic mass is 9.86. The molecule has 0 aliphatic heterocycles. The van der Waals surface area contributed by atoms with Crippen molar-refractivity contribution in [3.05, 3.63) is 24.5 Å². The van der Waals surface area contributed by atoms with E-state index in [1.54, 1.807) is 12.4 Å². The lowest BCUT2D eigenvalue weighted by Gasteiger charge is -2.29. The van der Waals surface area contributed by atoms with Gasteiger partial charge in [-0.25, -0.2) is 0 Å². The van der Waals surface area contributed by atoms with Crippen LogP contribution in [0, 0.1) is 5.92 Å². The second-order valence-corrected chi connectivity index (χ2v) is 9.02. The lowest BCUT2D eigenvalue weighted by Crippen LogP contribution is -2.41. The zero-order valence-electron chi connectivity index (χ0n) is 17.7. The van der Waals surface area contributed by atoms with Crippen LogP contribution in [-0.2, 0) is 11.3 Å². The molecule has 3 rings (SSSR count). The third kappa shape index (κ3) is 6.27. The fourth-order valence-electron chi connectivity index (χ4n) is 3.77. The van der Waals surface area contributed by atoms with Crippen molar-refractivity contribution in [2.75, 3.05) is 26.4 Å². The molecular weight excluding hydrogens is 384 g/mol. The Hall–Kier alpha value is -1.93. The maximum atomic E-state index is 12.5. The number of hydrogen-bond acceptors (Lipinski definition) is 6. The van der Waals surface area contributed by atoms with Gasteiger partial charge < -0.3 is 14.8 Å². The number of aromatic nitrogens is 4. The average molecular weight is 417 g/mol. The molecule has 0 radical (unpaired) electrons. The standard InChI is InChI=1S/C21H32N6OS/c1-16-7-4-5-8-18(16)23-19(28)15-29-21-25-24-20(17-9-11-22-12-10-17)27(21)14-6-13-26(2)3/h9-12,16,18H,4-8,13-15H2,1-3H3,(H,23,28)/t16-,18+/m0/s1. The molecule has 2 heterocycles. The Kier molecular flexibility index (Phi) is 8.06. The zero-order chi connectivity index (χ0) is 20.6. The minimum Gasteiger partial charge on any atom is -0.352 e. The van der Waals surface area contributed by atoms with Crippen LogP contribution in [0.3, 0.4) is 0 Å². The maximum Gasteiger partial charge on any atom is 0.230 e. The molecule has 2 aromatic heterocycles. The van der Waals surface area contributed by atoms with Gasteiger partial charge in [0, 0.05) is 30.5 Å². The van der Waals surface area contributed by atoms with Gasteiger partial charge in [-0.15, -0.1) is 10.2 Å². The normalized spacial score (nSPS) is 19.4. The van der Waals surface area contributed by atoms with Gasteiger partial charge in [-0.1, -0.05) is 31.5 Å². The van der Waals surface area contributed by atoms with Crippen molar-refractivity contribution in [3.63, 3.8) is 0 Å².